The number of hydrogen-bond donors (Lipinski definition) is 0. The first kappa shape index (κ1) is 17.1. The molecule has 0 radical (unpaired) electrons. The monoisotopic (exact) mass is 328 g/mol. The number of piperidine rings is 1. The van der Waals surface area contributed by atoms with Crippen molar-refractivity contribution in [2.45, 2.75) is 63.9 Å². The first-order valence-electron chi connectivity index (χ1n) is 7.60. The zero-order valence-electron chi connectivity index (χ0n) is 13.8. The molecule has 1 atom stereocenters. The van der Waals surface area contributed by atoms with Gasteiger partial charge in [-0.3, -0.25) is 14.5 Å². The molecule has 0 aromatic heterocycles. The maximum Gasteiger partial charge on any atom is 0.410 e. The second-order valence-corrected chi connectivity index (χ2v) is 8.47. The molecule has 0 saturated carbocycles. The second kappa shape index (κ2) is 5.76. The largest absolute Gasteiger partial charge is 0.444 e. The Kier molecular flexibility index (Phi) is 4.48. The van der Waals surface area contributed by atoms with Gasteiger partial charge in [0.15, 0.2) is 0 Å². The normalized spacial score (nSPS) is 26.3. The quantitative estimate of drug-likeness (QED) is 0.740. The first-order chi connectivity index (χ1) is 10.1. The van der Waals surface area contributed by atoms with Crippen LogP contribution in [-0.4, -0.2) is 56.5 Å². The number of carbonyl (C=O) groups is 3. The summed E-state index contributed by atoms with van der Waals surface area (Å²) in [6.07, 6.45) is 0.887. The molecule has 2 rings (SSSR count). The lowest BCUT2D eigenvalue weighted by Gasteiger charge is -2.38. The van der Waals surface area contributed by atoms with Gasteiger partial charge in [-0.2, -0.15) is 0 Å². The molecule has 2 saturated heterocycles. The van der Waals surface area contributed by atoms with Crippen LogP contribution in [0.25, 0.3) is 0 Å². The summed E-state index contributed by atoms with van der Waals surface area (Å²) in [7, 11) is 0. The van der Waals surface area contributed by atoms with Crippen molar-refractivity contribution in [3.8, 4) is 0 Å². The van der Waals surface area contributed by atoms with Crippen LogP contribution < -0.4 is 0 Å². The van der Waals surface area contributed by atoms with E-state index in [-0.39, 0.29) is 23.7 Å². The summed E-state index contributed by atoms with van der Waals surface area (Å²) >= 11 is 1.06. The van der Waals surface area contributed by atoms with Crippen LogP contribution in [0.3, 0.4) is 0 Å². The van der Waals surface area contributed by atoms with E-state index in [0.29, 0.717) is 19.4 Å². The zero-order chi connectivity index (χ0) is 16.7. The van der Waals surface area contributed by atoms with Crippen LogP contribution in [0, 0.1) is 0 Å². The minimum atomic E-state index is -0.837. The van der Waals surface area contributed by atoms with Gasteiger partial charge in [-0.05, 0) is 59.2 Å². The lowest BCUT2D eigenvalue weighted by molar-refractivity contribution is -0.132. The lowest BCUT2D eigenvalue weighted by atomic mass is 9.95. The van der Waals surface area contributed by atoms with E-state index in [4.69, 9.17) is 4.74 Å². The average Bonchev–Trinajstić information content (AvgIpc) is 2.58. The summed E-state index contributed by atoms with van der Waals surface area (Å²) in [6, 6.07) is -0.163. The SMILES string of the molecule is CC(C)N1C(=O)SC2(CCCN(C(=O)OC(C)(C)C)C2)C1=O. The topological polar surface area (TPSA) is 66.9 Å². The van der Waals surface area contributed by atoms with E-state index >= 15 is 0 Å². The van der Waals surface area contributed by atoms with Gasteiger partial charge in [0.1, 0.15) is 10.3 Å². The van der Waals surface area contributed by atoms with E-state index in [2.05, 4.69) is 0 Å². The van der Waals surface area contributed by atoms with Gasteiger partial charge in [-0.15, -0.1) is 0 Å². The summed E-state index contributed by atoms with van der Waals surface area (Å²) in [5.74, 6) is -0.175. The summed E-state index contributed by atoms with van der Waals surface area (Å²) < 4.78 is 4.55. The maximum absolute atomic E-state index is 12.7. The standard InChI is InChI=1S/C15H24N2O4S/c1-10(2)17-11(18)15(22-13(17)20)7-6-8-16(9-15)12(19)21-14(3,4)5/h10H,6-9H2,1-5H3. The van der Waals surface area contributed by atoms with Crippen LogP contribution in [0.5, 0.6) is 0 Å². The molecule has 0 bridgehead atoms. The van der Waals surface area contributed by atoms with Gasteiger partial charge in [-0.1, -0.05) is 0 Å². The fraction of sp³-hybridized carbons (Fsp3) is 0.800. The van der Waals surface area contributed by atoms with Crippen molar-refractivity contribution in [2.75, 3.05) is 13.1 Å². The number of rotatable bonds is 1. The Labute approximate surface area is 135 Å². The minimum Gasteiger partial charge on any atom is -0.444 e. The molecule has 7 heteroatoms. The van der Waals surface area contributed by atoms with Crippen LogP contribution >= 0.6 is 11.8 Å². The molecule has 124 valence electrons. The molecule has 0 aliphatic carbocycles. The smallest absolute Gasteiger partial charge is 0.410 e. The number of imide groups is 1. The van der Waals surface area contributed by atoms with Gasteiger partial charge in [0.25, 0.3) is 5.24 Å². The van der Waals surface area contributed by atoms with E-state index in [1.54, 1.807) is 4.90 Å². The Hall–Kier alpha value is -1.24. The molecule has 0 aromatic carbocycles. The van der Waals surface area contributed by atoms with Gasteiger partial charge in [0.05, 0.1) is 0 Å². The van der Waals surface area contributed by atoms with Crippen molar-refractivity contribution < 1.29 is 19.1 Å². The fourth-order valence-corrected chi connectivity index (χ4v) is 4.15. The van der Waals surface area contributed by atoms with Gasteiger partial charge < -0.3 is 9.64 Å². The third-order valence-electron chi connectivity index (χ3n) is 3.71. The molecular formula is C15H24N2O4S. The van der Waals surface area contributed by atoms with Gasteiger partial charge in [-0.25, -0.2) is 4.79 Å². The van der Waals surface area contributed by atoms with Crippen LogP contribution in [0.2, 0.25) is 0 Å². The van der Waals surface area contributed by atoms with Crippen LogP contribution in [-0.2, 0) is 9.53 Å². The van der Waals surface area contributed by atoms with E-state index < -0.39 is 16.4 Å². The number of thioether (sulfide) groups is 1. The highest BCUT2D eigenvalue weighted by Gasteiger charge is 2.55. The molecule has 6 nitrogen and oxygen atoms in total. The Morgan fingerprint density at radius 2 is 1.95 bits per heavy atom. The van der Waals surface area contributed by atoms with Crippen molar-refractivity contribution in [1.29, 1.82) is 0 Å². The van der Waals surface area contributed by atoms with Crippen LogP contribution in [0.1, 0.15) is 47.5 Å². The van der Waals surface area contributed by atoms with Gasteiger partial charge in [0.2, 0.25) is 5.91 Å². The maximum atomic E-state index is 12.7. The molecule has 1 unspecified atom stereocenters. The molecule has 3 amide bonds. The minimum absolute atomic E-state index is 0.163. The molecule has 1 spiro atoms. The van der Waals surface area contributed by atoms with Crippen molar-refractivity contribution in [2.24, 2.45) is 0 Å². The Bertz CT molecular complexity index is 500. The molecule has 2 aliphatic rings. The molecule has 2 aliphatic heterocycles. The lowest BCUT2D eigenvalue weighted by Crippen LogP contribution is -2.54. The number of carbonyl (C=O) groups excluding carboxylic acids is 3. The summed E-state index contributed by atoms with van der Waals surface area (Å²) in [5.41, 5.74) is -0.575. The van der Waals surface area contributed by atoms with Crippen molar-refractivity contribution >= 4 is 29.0 Å². The fourth-order valence-electron chi connectivity index (χ4n) is 2.77. The highest BCUT2D eigenvalue weighted by Crippen LogP contribution is 2.44. The second-order valence-electron chi connectivity index (χ2n) is 7.14. The van der Waals surface area contributed by atoms with Gasteiger partial charge in [0, 0.05) is 19.1 Å². The van der Waals surface area contributed by atoms with Crippen molar-refractivity contribution in [3.05, 3.63) is 0 Å². The Balaban J connectivity index is 2.15. The molecule has 0 aromatic rings. The Morgan fingerprint density at radius 1 is 1.32 bits per heavy atom. The predicted molar refractivity (Wildman–Crippen MR) is 84.7 cm³/mol. The third kappa shape index (κ3) is 3.24. The van der Waals surface area contributed by atoms with E-state index in [0.717, 1.165) is 11.8 Å². The predicted octanol–water partition coefficient (Wildman–Crippen LogP) is 2.86. The highest BCUT2D eigenvalue weighted by atomic mass is 32.2. The number of hydrogen-bond acceptors (Lipinski definition) is 5. The number of amides is 3. The summed E-state index contributed by atoms with van der Waals surface area (Å²) in [4.78, 5) is 39.9. The molecule has 22 heavy (non-hydrogen) atoms. The van der Waals surface area contributed by atoms with Crippen molar-refractivity contribution in [3.63, 3.8) is 0 Å². The molecule has 0 N–H and O–H groups in total. The third-order valence-corrected chi connectivity index (χ3v) is 4.98. The van der Waals surface area contributed by atoms with Crippen LogP contribution in [0.4, 0.5) is 9.59 Å². The molecular weight excluding hydrogens is 304 g/mol. The molecule has 2 heterocycles. The molecule has 2 fully saturated rings. The number of ether oxygens (including phenoxy) is 1. The first-order valence-corrected chi connectivity index (χ1v) is 8.42. The zero-order valence-corrected chi connectivity index (χ0v) is 14.7. The summed E-state index contributed by atoms with van der Waals surface area (Å²) in [5, 5.41) is -0.217. The van der Waals surface area contributed by atoms with E-state index in [1.807, 2.05) is 34.6 Å². The number of nitrogens with zero attached hydrogens (tertiary/aromatic N) is 2. The van der Waals surface area contributed by atoms with E-state index in [1.165, 1.54) is 4.90 Å². The number of likely N-dealkylation sites (tertiary alicyclic amines) is 1. The highest BCUT2D eigenvalue weighted by molar-refractivity contribution is 8.16. The van der Waals surface area contributed by atoms with Crippen LogP contribution in [0.15, 0.2) is 0 Å². The van der Waals surface area contributed by atoms with E-state index in [9.17, 15) is 14.4 Å². The average molecular weight is 328 g/mol. The van der Waals surface area contributed by atoms with Crippen molar-refractivity contribution in [1.82, 2.24) is 9.80 Å². The van der Waals surface area contributed by atoms with Gasteiger partial charge >= 0.3 is 6.09 Å². The Morgan fingerprint density at radius 3 is 2.45 bits per heavy atom. The summed E-state index contributed by atoms with van der Waals surface area (Å²) in [6.45, 7) is 9.87.